The Kier molecular flexibility index (Phi) is 4.46. The maximum absolute atomic E-state index is 10.0. The first-order valence-electron chi connectivity index (χ1n) is 10.1. The number of piperidine rings is 1. The molecule has 1 fully saturated rings. The SMILES string of the molecule is C[C@H](CN1CC[C@@]2(C)c3ccc(O)cc3C[C@@H]1C2(C)C)Oc1ccccc1. The maximum atomic E-state index is 10.0. The molecule has 1 aliphatic carbocycles. The van der Waals surface area contributed by atoms with Crippen LogP contribution in [0.25, 0.3) is 0 Å². The zero-order valence-corrected chi connectivity index (χ0v) is 16.9. The summed E-state index contributed by atoms with van der Waals surface area (Å²) in [6, 6.07) is 16.5. The van der Waals surface area contributed by atoms with Gasteiger partial charge in [0.05, 0.1) is 0 Å². The van der Waals surface area contributed by atoms with Crippen LogP contribution in [-0.4, -0.2) is 35.2 Å². The predicted octanol–water partition coefficient (Wildman–Crippen LogP) is 4.77. The number of fused-ring (bicyclic) bond motifs is 4. The number of aromatic hydroxyl groups is 1. The molecular formula is C24H31NO2. The highest BCUT2D eigenvalue weighted by Crippen LogP contribution is 2.56. The van der Waals surface area contributed by atoms with Gasteiger partial charge in [-0.2, -0.15) is 0 Å². The molecule has 0 unspecified atom stereocenters. The molecule has 0 radical (unpaired) electrons. The number of rotatable bonds is 4. The Morgan fingerprint density at radius 2 is 1.89 bits per heavy atom. The zero-order chi connectivity index (χ0) is 19.2. The summed E-state index contributed by atoms with van der Waals surface area (Å²) < 4.78 is 6.15. The third-order valence-electron chi connectivity index (χ3n) is 7.26. The van der Waals surface area contributed by atoms with Crippen molar-refractivity contribution in [3.63, 3.8) is 0 Å². The average Bonchev–Trinajstić information content (AvgIpc) is 2.61. The number of hydrogen-bond donors (Lipinski definition) is 1. The van der Waals surface area contributed by atoms with Gasteiger partial charge in [-0.15, -0.1) is 0 Å². The minimum absolute atomic E-state index is 0.137. The van der Waals surface area contributed by atoms with Gasteiger partial charge in [-0.25, -0.2) is 0 Å². The van der Waals surface area contributed by atoms with Crippen molar-refractivity contribution in [2.45, 2.75) is 58.1 Å². The number of para-hydroxylation sites is 1. The normalized spacial score (nSPS) is 27.6. The summed E-state index contributed by atoms with van der Waals surface area (Å²) in [6.45, 7) is 11.4. The zero-order valence-electron chi connectivity index (χ0n) is 16.9. The molecule has 0 spiro atoms. The average molecular weight is 366 g/mol. The lowest BCUT2D eigenvalue weighted by molar-refractivity contribution is -0.0496. The molecule has 0 amide bonds. The first-order chi connectivity index (χ1) is 12.8. The Labute approximate surface area is 163 Å². The monoisotopic (exact) mass is 365 g/mol. The van der Waals surface area contributed by atoms with Gasteiger partial charge < -0.3 is 9.84 Å². The van der Waals surface area contributed by atoms with Gasteiger partial charge in [0, 0.05) is 18.0 Å². The highest BCUT2D eigenvalue weighted by atomic mass is 16.5. The van der Waals surface area contributed by atoms with E-state index < -0.39 is 0 Å². The molecule has 27 heavy (non-hydrogen) atoms. The van der Waals surface area contributed by atoms with Gasteiger partial charge in [0.25, 0.3) is 0 Å². The Balaban J connectivity index is 1.58. The molecule has 0 saturated carbocycles. The fourth-order valence-corrected chi connectivity index (χ4v) is 5.35. The van der Waals surface area contributed by atoms with Crippen molar-refractivity contribution < 1.29 is 9.84 Å². The van der Waals surface area contributed by atoms with E-state index in [0.717, 1.165) is 31.7 Å². The lowest BCUT2D eigenvalue weighted by atomic mass is 9.51. The van der Waals surface area contributed by atoms with E-state index in [1.165, 1.54) is 11.1 Å². The summed E-state index contributed by atoms with van der Waals surface area (Å²) in [5, 5.41) is 10.0. The van der Waals surface area contributed by atoms with Crippen LogP contribution in [0.15, 0.2) is 48.5 Å². The second-order valence-corrected chi connectivity index (χ2v) is 9.10. The summed E-state index contributed by atoms with van der Waals surface area (Å²) in [4.78, 5) is 2.61. The van der Waals surface area contributed by atoms with Gasteiger partial charge in [0.2, 0.25) is 0 Å². The molecule has 1 heterocycles. The van der Waals surface area contributed by atoms with Crippen LogP contribution < -0.4 is 4.74 Å². The second kappa shape index (κ2) is 6.56. The number of likely N-dealkylation sites (tertiary alicyclic amines) is 1. The molecule has 4 rings (SSSR count). The van der Waals surface area contributed by atoms with Crippen molar-refractivity contribution in [3.8, 4) is 11.5 Å². The van der Waals surface area contributed by atoms with Crippen LogP contribution in [0.2, 0.25) is 0 Å². The molecule has 1 saturated heterocycles. The van der Waals surface area contributed by atoms with E-state index in [2.05, 4.69) is 38.7 Å². The summed E-state index contributed by atoms with van der Waals surface area (Å²) in [5.41, 5.74) is 3.04. The van der Waals surface area contributed by atoms with Crippen LogP contribution >= 0.6 is 0 Å². The molecule has 3 nitrogen and oxygen atoms in total. The number of hydrogen-bond acceptors (Lipinski definition) is 3. The van der Waals surface area contributed by atoms with E-state index in [-0.39, 0.29) is 16.9 Å². The predicted molar refractivity (Wildman–Crippen MR) is 109 cm³/mol. The van der Waals surface area contributed by atoms with Crippen molar-refractivity contribution >= 4 is 0 Å². The quantitative estimate of drug-likeness (QED) is 0.847. The largest absolute Gasteiger partial charge is 0.508 e. The summed E-state index contributed by atoms with van der Waals surface area (Å²) >= 11 is 0. The van der Waals surface area contributed by atoms with Crippen molar-refractivity contribution in [1.82, 2.24) is 4.90 Å². The first kappa shape index (κ1) is 18.4. The van der Waals surface area contributed by atoms with Crippen LogP contribution in [0.4, 0.5) is 0 Å². The highest BCUT2D eigenvalue weighted by Gasteiger charge is 2.55. The Hall–Kier alpha value is -2.00. The van der Waals surface area contributed by atoms with Gasteiger partial charge in [0.15, 0.2) is 0 Å². The third kappa shape index (κ3) is 3.02. The minimum Gasteiger partial charge on any atom is -0.508 e. The highest BCUT2D eigenvalue weighted by molar-refractivity contribution is 5.45. The molecule has 1 N–H and O–H groups in total. The molecule has 144 valence electrons. The fraction of sp³-hybridized carbons (Fsp3) is 0.500. The number of phenols is 1. The molecule has 1 aliphatic heterocycles. The van der Waals surface area contributed by atoms with E-state index in [4.69, 9.17) is 4.74 Å². The van der Waals surface area contributed by atoms with Crippen molar-refractivity contribution in [2.24, 2.45) is 5.41 Å². The Morgan fingerprint density at radius 1 is 1.15 bits per heavy atom. The summed E-state index contributed by atoms with van der Waals surface area (Å²) in [7, 11) is 0. The van der Waals surface area contributed by atoms with Gasteiger partial charge in [0.1, 0.15) is 17.6 Å². The lowest BCUT2D eigenvalue weighted by Crippen LogP contribution is -2.64. The number of benzene rings is 2. The maximum Gasteiger partial charge on any atom is 0.119 e. The smallest absolute Gasteiger partial charge is 0.119 e. The van der Waals surface area contributed by atoms with Crippen molar-refractivity contribution in [3.05, 3.63) is 59.7 Å². The molecule has 3 atom stereocenters. The number of ether oxygens (including phenoxy) is 1. The third-order valence-corrected chi connectivity index (χ3v) is 7.26. The van der Waals surface area contributed by atoms with E-state index in [0.29, 0.717) is 11.8 Å². The molecule has 3 heteroatoms. The van der Waals surface area contributed by atoms with E-state index >= 15 is 0 Å². The summed E-state index contributed by atoms with van der Waals surface area (Å²) in [6.07, 6.45) is 2.26. The molecule has 2 aromatic carbocycles. The van der Waals surface area contributed by atoms with Crippen molar-refractivity contribution in [1.29, 1.82) is 0 Å². The Bertz CT molecular complexity index is 816. The van der Waals surface area contributed by atoms with Crippen LogP contribution in [0, 0.1) is 5.41 Å². The van der Waals surface area contributed by atoms with Gasteiger partial charge in [-0.1, -0.05) is 45.0 Å². The minimum atomic E-state index is 0.137. The first-order valence-corrected chi connectivity index (χ1v) is 10.1. The molecule has 0 aromatic heterocycles. The molecule has 2 aromatic rings. The van der Waals surface area contributed by atoms with Gasteiger partial charge >= 0.3 is 0 Å². The molecule has 2 aliphatic rings. The van der Waals surface area contributed by atoms with Gasteiger partial charge in [-0.3, -0.25) is 4.90 Å². The lowest BCUT2D eigenvalue weighted by Gasteiger charge is -2.61. The van der Waals surface area contributed by atoms with E-state index in [1.807, 2.05) is 42.5 Å². The van der Waals surface area contributed by atoms with Crippen LogP contribution in [0.3, 0.4) is 0 Å². The second-order valence-electron chi connectivity index (χ2n) is 9.10. The number of nitrogens with zero attached hydrogens (tertiary/aromatic N) is 1. The molecular weight excluding hydrogens is 334 g/mol. The topological polar surface area (TPSA) is 32.7 Å². The van der Waals surface area contributed by atoms with Crippen molar-refractivity contribution in [2.75, 3.05) is 13.1 Å². The fourth-order valence-electron chi connectivity index (χ4n) is 5.35. The summed E-state index contributed by atoms with van der Waals surface area (Å²) in [5.74, 6) is 1.31. The van der Waals surface area contributed by atoms with Crippen LogP contribution in [0.5, 0.6) is 11.5 Å². The van der Waals surface area contributed by atoms with E-state index in [1.54, 1.807) is 0 Å². The Morgan fingerprint density at radius 3 is 2.63 bits per heavy atom. The standard InChI is InChI=1S/C24H31NO2/c1-17(27-20-8-6-5-7-9-20)16-25-13-12-24(4)21-11-10-19(26)14-18(21)15-22(25)23(24,2)3/h5-11,14,17,22,26H,12-13,15-16H2,1-4H3/t17-,22-,24+/m1/s1. The van der Waals surface area contributed by atoms with Crippen LogP contribution in [-0.2, 0) is 11.8 Å². The number of phenolic OH excluding ortho intramolecular Hbond substituents is 1. The van der Waals surface area contributed by atoms with Gasteiger partial charge in [-0.05, 0) is 67.1 Å². The van der Waals surface area contributed by atoms with Crippen LogP contribution in [0.1, 0.15) is 45.2 Å². The van der Waals surface area contributed by atoms with E-state index in [9.17, 15) is 5.11 Å². The molecule has 2 bridgehead atoms.